The van der Waals surface area contributed by atoms with Gasteiger partial charge in [0.1, 0.15) is 5.82 Å². The molecule has 0 spiro atoms. The summed E-state index contributed by atoms with van der Waals surface area (Å²) in [5.74, 6) is -2.76. The molecular formula is C21H29ClFNO3S. The van der Waals surface area contributed by atoms with Crippen molar-refractivity contribution in [1.29, 1.82) is 0 Å². The van der Waals surface area contributed by atoms with E-state index in [9.17, 15) is 18.8 Å². The third kappa shape index (κ3) is 5.80. The molecule has 0 aliphatic heterocycles. The van der Waals surface area contributed by atoms with Crippen molar-refractivity contribution in [3.8, 4) is 0 Å². The smallest absolute Gasteiger partial charge is 0.236 e. The van der Waals surface area contributed by atoms with E-state index in [0.29, 0.717) is 24.2 Å². The highest BCUT2D eigenvalue weighted by Crippen LogP contribution is 2.36. The lowest BCUT2D eigenvalue weighted by atomic mass is 10.0. The molecule has 7 heteroatoms. The van der Waals surface area contributed by atoms with Crippen LogP contribution in [0.2, 0.25) is 5.02 Å². The van der Waals surface area contributed by atoms with Gasteiger partial charge in [-0.25, -0.2) is 9.29 Å². The number of imide groups is 1. The van der Waals surface area contributed by atoms with Gasteiger partial charge in [0.2, 0.25) is 11.8 Å². The SMILES string of the molecule is CCC(C)C(=O)Sc1cc(N(C(=O)C(C)CC)C(=O)C(C)CC)c(F)cc1Cl. The zero-order chi connectivity index (χ0) is 21.6. The van der Waals surface area contributed by atoms with Crippen molar-refractivity contribution in [3.05, 3.63) is 23.0 Å². The molecule has 0 saturated carbocycles. The number of hydrogen-bond donors (Lipinski definition) is 0. The van der Waals surface area contributed by atoms with Crippen LogP contribution in [-0.2, 0) is 14.4 Å². The predicted octanol–water partition coefficient (Wildman–Crippen LogP) is 6.10. The van der Waals surface area contributed by atoms with Gasteiger partial charge in [-0.15, -0.1) is 0 Å². The number of nitrogens with zero attached hydrogens (tertiary/aromatic N) is 1. The number of hydrogen-bond acceptors (Lipinski definition) is 4. The Bertz CT molecular complexity index is 719. The Labute approximate surface area is 176 Å². The van der Waals surface area contributed by atoms with E-state index in [-0.39, 0.29) is 21.7 Å². The summed E-state index contributed by atoms with van der Waals surface area (Å²) in [6.07, 6.45) is 1.71. The second-order valence-corrected chi connectivity index (χ2v) is 8.55. The minimum absolute atomic E-state index is 0.0785. The highest BCUT2D eigenvalue weighted by Gasteiger charge is 2.32. The molecular weight excluding hydrogens is 401 g/mol. The molecule has 4 nitrogen and oxygen atoms in total. The Morgan fingerprint density at radius 2 is 1.43 bits per heavy atom. The van der Waals surface area contributed by atoms with E-state index in [1.54, 1.807) is 20.8 Å². The summed E-state index contributed by atoms with van der Waals surface area (Å²) in [6, 6.07) is 2.40. The average molecular weight is 430 g/mol. The number of carbonyl (C=O) groups is 3. The largest absolute Gasteiger partial charge is 0.287 e. The standard InChI is InChI=1S/C21H29ClFNO3S/c1-7-12(4)19(25)24(20(26)13(5)8-2)17-11-18(15(22)10-16(17)23)28-21(27)14(6)9-3/h10-14H,7-9H2,1-6H3. The molecule has 0 N–H and O–H groups in total. The Morgan fingerprint density at radius 1 is 0.964 bits per heavy atom. The Hall–Kier alpha value is -1.40. The summed E-state index contributed by atoms with van der Waals surface area (Å²) in [4.78, 5) is 39.3. The third-order valence-electron chi connectivity index (χ3n) is 4.98. The van der Waals surface area contributed by atoms with E-state index < -0.39 is 29.5 Å². The maximum absolute atomic E-state index is 14.8. The van der Waals surface area contributed by atoms with Crippen LogP contribution < -0.4 is 4.90 Å². The van der Waals surface area contributed by atoms with Gasteiger partial charge >= 0.3 is 0 Å². The van der Waals surface area contributed by atoms with Crippen molar-refractivity contribution in [2.45, 2.75) is 65.7 Å². The number of amides is 2. The fourth-order valence-electron chi connectivity index (χ4n) is 2.28. The zero-order valence-corrected chi connectivity index (χ0v) is 18.9. The average Bonchev–Trinajstić information content (AvgIpc) is 2.68. The van der Waals surface area contributed by atoms with Crippen molar-refractivity contribution >= 4 is 46.0 Å². The fraction of sp³-hybridized carbons (Fsp3) is 0.571. The first-order chi connectivity index (χ1) is 13.1. The number of benzene rings is 1. The monoisotopic (exact) mass is 429 g/mol. The van der Waals surface area contributed by atoms with Crippen molar-refractivity contribution in [3.63, 3.8) is 0 Å². The molecule has 0 radical (unpaired) electrons. The Balaban J connectivity index is 3.47. The van der Waals surface area contributed by atoms with Crippen LogP contribution in [0.25, 0.3) is 0 Å². The molecule has 2 amide bonds. The molecule has 0 aliphatic carbocycles. The van der Waals surface area contributed by atoms with Crippen LogP contribution in [0.15, 0.2) is 17.0 Å². The first-order valence-corrected chi connectivity index (χ1v) is 10.9. The Kier molecular flexibility index (Phi) is 9.64. The van der Waals surface area contributed by atoms with E-state index in [4.69, 9.17) is 11.6 Å². The molecule has 1 rings (SSSR count). The van der Waals surface area contributed by atoms with Gasteiger partial charge in [0.15, 0.2) is 5.12 Å². The summed E-state index contributed by atoms with van der Waals surface area (Å²) >= 11 is 7.04. The van der Waals surface area contributed by atoms with Crippen molar-refractivity contribution in [1.82, 2.24) is 0 Å². The minimum Gasteiger partial charge on any atom is -0.287 e. The van der Waals surface area contributed by atoms with E-state index in [2.05, 4.69) is 0 Å². The number of rotatable bonds is 8. The van der Waals surface area contributed by atoms with Gasteiger partial charge in [-0.3, -0.25) is 14.4 Å². The molecule has 0 saturated heterocycles. The molecule has 3 unspecified atom stereocenters. The van der Waals surface area contributed by atoms with E-state index in [1.165, 1.54) is 6.07 Å². The Morgan fingerprint density at radius 3 is 1.86 bits per heavy atom. The number of thioether (sulfide) groups is 1. The van der Waals surface area contributed by atoms with Crippen LogP contribution in [-0.4, -0.2) is 16.9 Å². The molecule has 1 aromatic rings. The van der Waals surface area contributed by atoms with Gasteiger partial charge in [-0.05, 0) is 31.4 Å². The van der Waals surface area contributed by atoms with E-state index >= 15 is 0 Å². The molecule has 0 aliphatic rings. The van der Waals surface area contributed by atoms with Crippen LogP contribution in [0.4, 0.5) is 10.1 Å². The first kappa shape index (κ1) is 24.6. The summed E-state index contributed by atoms with van der Waals surface area (Å²) in [7, 11) is 0. The van der Waals surface area contributed by atoms with E-state index in [1.807, 2.05) is 20.8 Å². The van der Waals surface area contributed by atoms with Crippen molar-refractivity contribution < 1.29 is 18.8 Å². The quantitative estimate of drug-likeness (QED) is 0.469. The van der Waals surface area contributed by atoms with Crippen LogP contribution in [0, 0.1) is 23.6 Å². The molecule has 156 valence electrons. The van der Waals surface area contributed by atoms with Crippen LogP contribution in [0.3, 0.4) is 0 Å². The summed E-state index contributed by atoms with van der Waals surface area (Å²) in [5, 5.41) is -0.0233. The van der Waals surface area contributed by atoms with Gasteiger partial charge in [-0.1, -0.05) is 64.9 Å². The highest BCUT2D eigenvalue weighted by atomic mass is 35.5. The normalized spacial score (nSPS) is 14.3. The number of anilines is 1. The van der Waals surface area contributed by atoms with Crippen LogP contribution >= 0.6 is 23.4 Å². The lowest BCUT2D eigenvalue weighted by Gasteiger charge is -2.27. The molecule has 1 aromatic carbocycles. The first-order valence-electron chi connectivity index (χ1n) is 9.67. The van der Waals surface area contributed by atoms with Crippen LogP contribution in [0.5, 0.6) is 0 Å². The molecule has 0 fully saturated rings. The second-order valence-electron chi connectivity index (χ2n) is 7.09. The second kappa shape index (κ2) is 11.0. The van der Waals surface area contributed by atoms with Gasteiger partial charge in [0.05, 0.1) is 10.7 Å². The predicted molar refractivity (Wildman–Crippen MR) is 113 cm³/mol. The molecule has 0 aromatic heterocycles. The zero-order valence-electron chi connectivity index (χ0n) is 17.3. The summed E-state index contributed by atoms with van der Waals surface area (Å²) < 4.78 is 14.8. The van der Waals surface area contributed by atoms with E-state index in [0.717, 1.165) is 22.7 Å². The number of halogens is 2. The molecule has 28 heavy (non-hydrogen) atoms. The minimum atomic E-state index is -0.765. The molecule has 3 atom stereocenters. The van der Waals surface area contributed by atoms with Crippen molar-refractivity contribution in [2.75, 3.05) is 4.90 Å². The summed E-state index contributed by atoms with van der Waals surface area (Å²) in [6.45, 7) is 10.8. The van der Waals surface area contributed by atoms with Gasteiger partial charge in [0, 0.05) is 22.6 Å². The molecule has 0 heterocycles. The van der Waals surface area contributed by atoms with Crippen molar-refractivity contribution in [2.24, 2.45) is 17.8 Å². The molecule has 0 bridgehead atoms. The number of carbonyl (C=O) groups excluding carboxylic acids is 3. The highest BCUT2D eigenvalue weighted by molar-refractivity contribution is 8.13. The van der Waals surface area contributed by atoms with Gasteiger partial charge in [0.25, 0.3) is 0 Å². The maximum atomic E-state index is 14.8. The van der Waals surface area contributed by atoms with Gasteiger partial charge in [-0.2, -0.15) is 0 Å². The van der Waals surface area contributed by atoms with Crippen LogP contribution in [0.1, 0.15) is 60.8 Å². The topological polar surface area (TPSA) is 54.5 Å². The summed E-state index contributed by atoms with van der Waals surface area (Å²) in [5.41, 5.74) is -0.153. The van der Waals surface area contributed by atoms with Gasteiger partial charge < -0.3 is 0 Å². The lowest BCUT2D eigenvalue weighted by molar-refractivity contribution is -0.130. The third-order valence-corrected chi connectivity index (χ3v) is 6.56. The maximum Gasteiger partial charge on any atom is 0.236 e. The lowest BCUT2D eigenvalue weighted by Crippen LogP contribution is -2.43. The fourth-order valence-corrected chi connectivity index (χ4v) is 3.46.